The smallest absolute Gasteiger partial charge is 0.250 e. The Bertz CT molecular complexity index is 558. The molecular formula is C13H17ClN4O2. The van der Waals surface area contributed by atoms with Crippen LogP contribution in [0.15, 0.2) is 12.1 Å². The Hall–Kier alpha value is -1.95. The van der Waals surface area contributed by atoms with Crippen LogP contribution in [-0.4, -0.2) is 31.4 Å². The molecule has 0 saturated heterocycles. The number of benzene rings is 1. The van der Waals surface area contributed by atoms with Gasteiger partial charge >= 0.3 is 0 Å². The van der Waals surface area contributed by atoms with Crippen LogP contribution in [0.3, 0.4) is 0 Å². The second-order valence-corrected chi connectivity index (χ2v) is 5.37. The van der Waals surface area contributed by atoms with Gasteiger partial charge in [0.2, 0.25) is 5.91 Å². The van der Waals surface area contributed by atoms with Crippen molar-refractivity contribution in [1.29, 1.82) is 0 Å². The maximum absolute atomic E-state index is 11.8. The van der Waals surface area contributed by atoms with Crippen molar-refractivity contribution in [2.75, 3.05) is 24.2 Å². The first-order valence-electron chi connectivity index (χ1n) is 6.28. The standard InChI is InChI=1S/C13H17ClN4O2/c1-18(6-11(19)17-8-2-3-8)12-9(13(16)20)4-7(15)5-10(12)14/h4-5,8H,2-3,6,15H2,1H3,(H2,16,20)(H,17,19). The van der Waals surface area contributed by atoms with Crippen molar-refractivity contribution in [1.82, 2.24) is 5.32 Å². The highest BCUT2D eigenvalue weighted by atomic mass is 35.5. The molecule has 108 valence electrons. The first kappa shape index (κ1) is 14.5. The van der Waals surface area contributed by atoms with Crippen LogP contribution in [-0.2, 0) is 4.79 Å². The Labute approximate surface area is 122 Å². The highest BCUT2D eigenvalue weighted by molar-refractivity contribution is 6.34. The number of halogens is 1. The number of nitrogens with two attached hydrogens (primary N) is 2. The quantitative estimate of drug-likeness (QED) is 0.697. The van der Waals surface area contributed by atoms with Gasteiger partial charge in [-0.25, -0.2) is 0 Å². The molecule has 1 aliphatic rings. The van der Waals surface area contributed by atoms with Gasteiger partial charge in [0, 0.05) is 18.8 Å². The predicted octanol–water partition coefficient (Wildman–Crippen LogP) is 0.736. The molecule has 1 aliphatic carbocycles. The molecule has 1 aromatic rings. The molecule has 0 radical (unpaired) electrons. The summed E-state index contributed by atoms with van der Waals surface area (Å²) in [4.78, 5) is 24.9. The predicted molar refractivity (Wildman–Crippen MR) is 78.8 cm³/mol. The number of amides is 2. The molecule has 6 nitrogen and oxygen atoms in total. The second kappa shape index (κ2) is 5.58. The molecule has 0 aliphatic heterocycles. The molecule has 2 rings (SSSR count). The van der Waals surface area contributed by atoms with E-state index in [0.29, 0.717) is 16.4 Å². The minimum atomic E-state index is -0.636. The van der Waals surface area contributed by atoms with Gasteiger partial charge in [-0.1, -0.05) is 11.6 Å². The van der Waals surface area contributed by atoms with Gasteiger partial charge in [-0.2, -0.15) is 0 Å². The number of carbonyl (C=O) groups excluding carboxylic acids is 2. The van der Waals surface area contributed by atoms with Crippen LogP contribution in [0.25, 0.3) is 0 Å². The maximum Gasteiger partial charge on any atom is 0.250 e. The maximum atomic E-state index is 11.8. The van der Waals surface area contributed by atoms with Crippen molar-refractivity contribution in [3.05, 3.63) is 22.7 Å². The Balaban J connectivity index is 2.21. The molecule has 2 amide bonds. The number of anilines is 2. The third-order valence-corrected chi connectivity index (χ3v) is 3.34. The highest BCUT2D eigenvalue weighted by Crippen LogP contribution is 2.31. The SMILES string of the molecule is CN(CC(=O)NC1CC1)c1c(Cl)cc(N)cc1C(N)=O. The zero-order valence-electron chi connectivity index (χ0n) is 11.1. The summed E-state index contributed by atoms with van der Waals surface area (Å²) in [5, 5.41) is 3.16. The van der Waals surface area contributed by atoms with Gasteiger partial charge in [0.25, 0.3) is 5.91 Å². The summed E-state index contributed by atoms with van der Waals surface area (Å²) in [5.74, 6) is -0.748. The van der Waals surface area contributed by atoms with Crippen molar-refractivity contribution >= 4 is 34.8 Å². The van der Waals surface area contributed by atoms with E-state index in [1.54, 1.807) is 11.9 Å². The van der Waals surface area contributed by atoms with Crippen LogP contribution in [0.2, 0.25) is 5.02 Å². The van der Waals surface area contributed by atoms with E-state index in [4.69, 9.17) is 23.1 Å². The molecule has 0 unspecified atom stereocenters. The summed E-state index contributed by atoms with van der Waals surface area (Å²) in [6.45, 7) is 0.0976. The fourth-order valence-electron chi connectivity index (χ4n) is 1.99. The normalized spacial score (nSPS) is 13.9. The number of primary amides is 1. The summed E-state index contributed by atoms with van der Waals surface area (Å²) in [7, 11) is 1.68. The van der Waals surface area contributed by atoms with Crippen molar-refractivity contribution in [2.24, 2.45) is 5.73 Å². The number of nitrogens with zero attached hydrogens (tertiary/aromatic N) is 1. The van der Waals surface area contributed by atoms with Crippen LogP contribution >= 0.6 is 11.6 Å². The second-order valence-electron chi connectivity index (χ2n) is 4.96. The first-order chi connectivity index (χ1) is 9.38. The summed E-state index contributed by atoms with van der Waals surface area (Å²) in [6.07, 6.45) is 2.04. The Morgan fingerprint density at radius 1 is 1.45 bits per heavy atom. The minimum Gasteiger partial charge on any atom is -0.399 e. The number of carbonyl (C=O) groups is 2. The molecule has 1 aromatic carbocycles. The molecule has 0 atom stereocenters. The van der Waals surface area contributed by atoms with Gasteiger partial charge in [0.15, 0.2) is 0 Å². The van der Waals surface area contributed by atoms with Gasteiger partial charge in [0.1, 0.15) is 0 Å². The summed E-state index contributed by atoms with van der Waals surface area (Å²) in [5.41, 5.74) is 12.0. The van der Waals surface area contributed by atoms with Gasteiger partial charge in [-0.05, 0) is 25.0 Å². The van der Waals surface area contributed by atoms with Crippen LogP contribution in [0.5, 0.6) is 0 Å². The fraction of sp³-hybridized carbons (Fsp3) is 0.385. The monoisotopic (exact) mass is 296 g/mol. The molecule has 0 spiro atoms. The highest BCUT2D eigenvalue weighted by Gasteiger charge is 2.25. The number of nitrogen functional groups attached to an aromatic ring is 1. The van der Waals surface area contributed by atoms with Crippen molar-refractivity contribution < 1.29 is 9.59 Å². The van der Waals surface area contributed by atoms with Gasteiger partial charge < -0.3 is 21.7 Å². The lowest BCUT2D eigenvalue weighted by atomic mass is 10.1. The van der Waals surface area contributed by atoms with Gasteiger partial charge in [-0.3, -0.25) is 9.59 Å². The summed E-state index contributed by atoms with van der Waals surface area (Å²) >= 11 is 6.11. The van der Waals surface area contributed by atoms with E-state index in [9.17, 15) is 9.59 Å². The minimum absolute atomic E-state index is 0.0976. The van der Waals surface area contributed by atoms with E-state index in [-0.39, 0.29) is 24.1 Å². The average molecular weight is 297 g/mol. The van der Waals surface area contributed by atoms with E-state index >= 15 is 0 Å². The Morgan fingerprint density at radius 3 is 2.65 bits per heavy atom. The van der Waals surface area contributed by atoms with Gasteiger partial charge in [-0.15, -0.1) is 0 Å². The molecule has 0 aromatic heterocycles. The molecule has 0 bridgehead atoms. The lowest BCUT2D eigenvalue weighted by Crippen LogP contribution is -2.37. The topological polar surface area (TPSA) is 101 Å². The largest absolute Gasteiger partial charge is 0.399 e. The zero-order valence-corrected chi connectivity index (χ0v) is 11.9. The molecule has 20 heavy (non-hydrogen) atoms. The third-order valence-electron chi connectivity index (χ3n) is 3.06. The van der Waals surface area contributed by atoms with E-state index in [1.165, 1.54) is 12.1 Å². The van der Waals surface area contributed by atoms with Crippen LogP contribution < -0.4 is 21.7 Å². The van der Waals surface area contributed by atoms with Gasteiger partial charge in [0.05, 0.1) is 22.8 Å². The molecule has 1 fully saturated rings. The third kappa shape index (κ3) is 3.33. The first-order valence-corrected chi connectivity index (χ1v) is 6.65. The average Bonchev–Trinajstić information content (AvgIpc) is 3.10. The molecule has 7 heteroatoms. The van der Waals surface area contributed by atoms with Crippen LogP contribution in [0, 0.1) is 0 Å². The molecule has 0 heterocycles. The summed E-state index contributed by atoms with van der Waals surface area (Å²) < 4.78 is 0. The van der Waals surface area contributed by atoms with Crippen LogP contribution in [0.4, 0.5) is 11.4 Å². The van der Waals surface area contributed by atoms with Crippen LogP contribution in [0.1, 0.15) is 23.2 Å². The molecule has 5 N–H and O–H groups in total. The van der Waals surface area contributed by atoms with E-state index in [0.717, 1.165) is 12.8 Å². The number of hydrogen-bond acceptors (Lipinski definition) is 4. The summed E-state index contributed by atoms with van der Waals surface area (Å²) in [6, 6.07) is 3.27. The van der Waals surface area contributed by atoms with E-state index in [2.05, 4.69) is 5.32 Å². The zero-order chi connectivity index (χ0) is 14.9. The lowest BCUT2D eigenvalue weighted by Gasteiger charge is -2.22. The number of nitrogens with one attached hydrogen (secondary N) is 1. The van der Waals surface area contributed by atoms with Crippen molar-refractivity contribution in [3.8, 4) is 0 Å². The van der Waals surface area contributed by atoms with Crippen molar-refractivity contribution in [2.45, 2.75) is 18.9 Å². The number of likely N-dealkylation sites (N-methyl/N-ethyl adjacent to an activating group) is 1. The fourth-order valence-corrected chi connectivity index (χ4v) is 2.36. The van der Waals surface area contributed by atoms with E-state index in [1.807, 2.05) is 0 Å². The lowest BCUT2D eigenvalue weighted by molar-refractivity contribution is -0.119. The number of rotatable bonds is 5. The Morgan fingerprint density at radius 2 is 2.10 bits per heavy atom. The Kier molecular flexibility index (Phi) is 4.04. The van der Waals surface area contributed by atoms with E-state index < -0.39 is 5.91 Å². The van der Waals surface area contributed by atoms with Crippen molar-refractivity contribution in [3.63, 3.8) is 0 Å². The molecule has 1 saturated carbocycles. The number of hydrogen-bond donors (Lipinski definition) is 3. The molecular weight excluding hydrogens is 280 g/mol.